The molecular weight excluding hydrogens is 218 g/mol. The molecule has 0 atom stereocenters. The molecule has 1 aromatic heterocycles. The minimum Gasteiger partial charge on any atom is -0.455 e. The Labute approximate surface area is 99.6 Å². The Balaban J connectivity index is 1.88. The highest BCUT2D eigenvalue weighted by Crippen LogP contribution is 2.26. The predicted octanol–water partition coefficient (Wildman–Crippen LogP) is 2.03. The fourth-order valence-electron chi connectivity index (χ4n) is 2.58. The fourth-order valence-corrected chi connectivity index (χ4v) is 2.58. The van der Waals surface area contributed by atoms with Crippen molar-refractivity contribution in [3.8, 4) is 0 Å². The van der Waals surface area contributed by atoms with Crippen molar-refractivity contribution in [2.75, 3.05) is 13.1 Å². The molecule has 4 heteroatoms. The number of amides is 1. The Kier molecular flexibility index (Phi) is 2.50. The summed E-state index contributed by atoms with van der Waals surface area (Å²) in [7, 11) is 0. The van der Waals surface area contributed by atoms with Crippen LogP contribution < -0.4 is 0 Å². The third-order valence-electron chi connectivity index (χ3n) is 3.52. The zero-order valence-corrected chi connectivity index (χ0v) is 9.70. The van der Waals surface area contributed by atoms with Crippen LogP contribution in [0.1, 0.15) is 52.4 Å². The van der Waals surface area contributed by atoms with Crippen molar-refractivity contribution in [2.24, 2.45) is 0 Å². The van der Waals surface area contributed by atoms with Gasteiger partial charge in [0.15, 0.2) is 11.5 Å². The second kappa shape index (κ2) is 4.02. The molecule has 2 heterocycles. The third-order valence-corrected chi connectivity index (χ3v) is 3.52. The second-order valence-electron chi connectivity index (χ2n) is 4.72. The van der Waals surface area contributed by atoms with E-state index in [1.165, 1.54) is 0 Å². The molecule has 0 saturated carbocycles. The van der Waals surface area contributed by atoms with Crippen molar-refractivity contribution < 1.29 is 14.0 Å². The average Bonchev–Trinajstić information content (AvgIpc) is 2.98. The number of furan rings is 1. The number of nitrogens with zero attached hydrogens (tertiary/aromatic N) is 1. The molecule has 4 nitrogen and oxygen atoms in total. The van der Waals surface area contributed by atoms with E-state index in [2.05, 4.69) is 0 Å². The van der Waals surface area contributed by atoms with Gasteiger partial charge in [0.2, 0.25) is 0 Å². The van der Waals surface area contributed by atoms with Gasteiger partial charge in [-0.2, -0.15) is 0 Å². The molecule has 1 saturated heterocycles. The van der Waals surface area contributed by atoms with Gasteiger partial charge in [-0.3, -0.25) is 9.59 Å². The van der Waals surface area contributed by atoms with E-state index in [0.717, 1.165) is 38.8 Å². The van der Waals surface area contributed by atoms with Crippen LogP contribution in [0, 0.1) is 0 Å². The van der Waals surface area contributed by atoms with Gasteiger partial charge >= 0.3 is 0 Å². The molecule has 90 valence electrons. The fraction of sp³-hybridized carbons (Fsp3) is 0.538. The number of hydrogen-bond donors (Lipinski definition) is 0. The lowest BCUT2D eigenvalue weighted by Crippen LogP contribution is -2.27. The van der Waals surface area contributed by atoms with Crippen LogP contribution in [0.25, 0.3) is 0 Å². The van der Waals surface area contributed by atoms with Crippen LogP contribution in [0.2, 0.25) is 0 Å². The maximum Gasteiger partial charge on any atom is 0.289 e. The maximum absolute atomic E-state index is 12.1. The first kappa shape index (κ1) is 10.6. The molecule has 0 radical (unpaired) electrons. The van der Waals surface area contributed by atoms with Gasteiger partial charge in [0, 0.05) is 32.0 Å². The van der Waals surface area contributed by atoms with Gasteiger partial charge in [-0.1, -0.05) is 0 Å². The highest BCUT2D eigenvalue weighted by molar-refractivity contribution is 6.01. The first-order chi connectivity index (χ1) is 8.25. The smallest absolute Gasteiger partial charge is 0.289 e. The summed E-state index contributed by atoms with van der Waals surface area (Å²) < 4.78 is 5.54. The van der Waals surface area contributed by atoms with Crippen molar-refractivity contribution >= 4 is 11.7 Å². The van der Waals surface area contributed by atoms with Crippen molar-refractivity contribution in [1.29, 1.82) is 0 Å². The highest BCUT2D eigenvalue weighted by Gasteiger charge is 2.27. The molecule has 0 spiro atoms. The molecule has 1 amide bonds. The van der Waals surface area contributed by atoms with Crippen LogP contribution in [-0.4, -0.2) is 29.7 Å². The number of Topliss-reactive ketones (excluding diaryl/α,β-unsaturated/α-hetero) is 1. The van der Waals surface area contributed by atoms with Gasteiger partial charge in [0.25, 0.3) is 5.91 Å². The number of rotatable bonds is 1. The van der Waals surface area contributed by atoms with Gasteiger partial charge in [0.1, 0.15) is 5.76 Å². The van der Waals surface area contributed by atoms with Gasteiger partial charge < -0.3 is 9.32 Å². The lowest BCUT2D eigenvalue weighted by Gasteiger charge is -2.12. The van der Waals surface area contributed by atoms with E-state index in [4.69, 9.17) is 4.42 Å². The predicted molar refractivity (Wildman–Crippen MR) is 61.1 cm³/mol. The molecule has 0 bridgehead atoms. The second-order valence-corrected chi connectivity index (χ2v) is 4.72. The molecule has 1 aliphatic carbocycles. The molecule has 0 N–H and O–H groups in total. The van der Waals surface area contributed by atoms with Crippen molar-refractivity contribution in [3.63, 3.8) is 0 Å². The Bertz CT molecular complexity index is 469. The standard InChI is InChI=1S/C13H15NO3/c15-10-4-3-5-11-9(10)8-12(17-11)13(16)14-6-1-2-7-14/h8H,1-7H2. The normalized spacial score (nSPS) is 19.5. The van der Waals surface area contributed by atoms with E-state index in [0.29, 0.717) is 23.5 Å². The van der Waals surface area contributed by atoms with Crippen LogP contribution in [0.3, 0.4) is 0 Å². The molecule has 1 aliphatic heterocycles. The van der Waals surface area contributed by atoms with Crippen molar-refractivity contribution in [2.45, 2.75) is 32.1 Å². The number of fused-ring (bicyclic) bond motifs is 1. The number of carbonyl (C=O) groups excluding carboxylic acids is 2. The summed E-state index contributed by atoms with van der Waals surface area (Å²) in [5, 5.41) is 0. The summed E-state index contributed by atoms with van der Waals surface area (Å²) in [6.07, 6.45) is 4.30. The summed E-state index contributed by atoms with van der Waals surface area (Å²) in [5.74, 6) is 1.08. The quantitative estimate of drug-likeness (QED) is 0.745. The summed E-state index contributed by atoms with van der Waals surface area (Å²) in [4.78, 5) is 25.6. The van der Waals surface area contributed by atoms with Crippen LogP contribution in [0.5, 0.6) is 0 Å². The number of likely N-dealkylation sites (tertiary alicyclic amines) is 1. The number of ketones is 1. The summed E-state index contributed by atoms with van der Waals surface area (Å²) >= 11 is 0. The van der Waals surface area contributed by atoms with E-state index in [9.17, 15) is 9.59 Å². The summed E-state index contributed by atoms with van der Waals surface area (Å²) in [6.45, 7) is 1.61. The Morgan fingerprint density at radius 1 is 1.18 bits per heavy atom. The van der Waals surface area contributed by atoms with Gasteiger partial charge in [-0.05, 0) is 19.3 Å². The average molecular weight is 233 g/mol. The molecule has 0 unspecified atom stereocenters. The minimum absolute atomic E-state index is 0.0651. The monoisotopic (exact) mass is 233 g/mol. The van der Waals surface area contributed by atoms with Gasteiger partial charge in [-0.15, -0.1) is 0 Å². The number of carbonyl (C=O) groups is 2. The highest BCUT2D eigenvalue weighted by atomic mass is 16.4. The molecule has 3 rings (SSSR count). The Morgan fingerprint density at radius 2 is 1.94 bits per heavy atom. The molecule has 0 aromatic carbocycles. The van der Waals surface area contributed by atoms with Gasteiger partial charge in [0.05, 0.1) is 5.56 Å². The van der Waals surface area contributed by atoms with E-state index >= 15 is 0 Å². The Hall–Kier alpha value is -1.58. The lowest BCUT2D eigenvalue weighted by molar-refractivity contribution is 0.0758. The summed E-state index contributed by atoms with van der Waals surface area (Å²) in [6, 6.07) is 1.64. The van der Waals surface area contributed by atoms with Crippen LogP contribution >= 0.6 is 0 Å². The summed E-state index contributed by atoms with van der Waals surface area (Å²) in [5.41, 5.74) is 0.624. The molecule has 1 aromatic rings. The first-order valence-electron chi connectivity index (χ1n) is 6.21. The minimum atomic E-state index is -0.0651. The van der Waals surface area contributed by atoms with Crippen LogP contribution in [0.4, 0.5) is 0 Å². The van der Waals surface area contributed by atoms with E-state index in [1.54, 1.807) is 11.0 Å². The van der Waals surface area contributed by atoms with Gasteiger partial charge in [-0.25, -0.2) is 0 Å². The van der Waals surface area contributed by atoms with Crippen molar-refractivity contribution in [3.05, 3.63) is 23.2 Å². The van der Waals surface area contributed by atoms with E-state index in [-0.39, 0.29) is 11.7 Å². The maximum atomic E-state index is 12.1. The number of hydrogen-bond acceptors (Lipinski definition) is 3. The van der Waals surface area contributed by atoms with E-state index < -0.39 is 0 Å². The number of aryl methyl sites for hydroxylation is 1. The van der Waals surface area contributed by atoms with Crippen molar-refractivity contribution in [1.82, 2.24) is 4.90 Å². The lowest BCUT2D eigenvalue weighted by atomic mass is 9.97. The van der Waals surface area contributed by atoms with Crippen LogP contribution in [0.15, 0.2) is 10.5 Å². The zero-order valence-electron chi connectivity index (χ0n) is 9.70. The molecule has 17 heavy (non-hydrogen) atoms. The SMILES string of the molecule is O=C1CCCc2oc(C(=O)N3CCCC3)cc21. The first-order valence-corrected chi connectivity index (χ1v) is 6.21. The van der Waals surface area contributed by atoms with E-state index in [1.807, 2.05) is 0 Å². The van der Waals surface area contributed by atoms with Crippen LogP contribution in [-0.2, 0) is 6.42 Å². The third kappa shape index (κ3) is 1.77. The largest absolute Gasteiger partial charge is 0.455 e. The topological polar surface area (TPSA) is 50.5 Å². The molecule has 2 aliphatic rings. The zero-order chi connectivity index (χ0) is 11.8. The molecule has 1 fully saturated rings. The molecular formula is C13H15NO3. The Morgan fingerprint density at radius 3 is 2.65 bits per heavy atom.